The average Bonchev–Trinajstić information content (AvgIpc) is 2.52. The van der Waals surface area contributed by atoms with Crippen LogP contribution in [0.2, 0.25) is 0 Å². The summed E-state index contributed by atoms with van der Waals surface area (Å²) >= 11 is 0. The van der Waals surface area contributed by atoms with E-state index in [0.717, 1.165) is 12.8 Å². The molecule has 0 bridgehead atoms. The van der Waals surface area contributed by atoms with Gasteiger partial charge in [0.25, 0.3) is 5.91 Å². The number of benzene rings is 1. The summed E-state index contributed by atoms with van der Waals surface area (Å²) in [6.07, 6.45) is 6.29. The quantitative estimate of drug-likeness (QED) is 0.656. The predicted octanol–water partition coefficient (Wildman–Crippen LogP) is 1.71. The number of ether oxygens (including phenoxy) is 1. The summed E-state index contributed by atoms with van der Waals surface area (Å²) in [6.45, 7) is -0.369. The van der Waals surface area contributed by atoms with E-state index in [-0.39, 0.29) is 24.2 Å². The molecule has 1 aliphatic rings. The molecule has 0 saturated heterocycles. The van der Waals surface area contributed by atoms with Crippen LogP contribution in [0, 0.1) is 11.7 Å². The molecule has 0 fully saturated rings. The minimum atomic E-state index is -0.544. The van der Waals surface area contributed by atoms with Crippen molar-refractivity contribution in [3.05, 3.63) is 42.2 Å². The highest BCUT2D eigenvalue weighted by Crippen LogP contribution is 2.17. The number of halogens is 1. The van der Waals surface area contributed by atoms with Crippen LogP contribution in [0.25, 0.3) is 0 Å². The van der Waals surface area contributed by atoms with Gasteiger partial charge in [0.2, 0.25) is 5.91 Å². The molecule has 2 N–H and O–H groups in total. The fourth-order valence-electron chi connectivity index (χ4n) is 2.01. The van der Waals surface area contributed by atoms with E-state index in [0.29, 0.717) is 6.42 Å². The highest BCUT2D eigenvalue weighted by Gasteiger charge is 2.19. The minimum absolute atomic E-state index is 0.00334. The van der Waals surface area contributed by atoms with Crippen LogP contribution in [-0.2, 0) is 9.59 Å². The number of hydrogen-bond acceptors (Lipinski definition) is 3. The molecule has 0 unspecified atom stereocenters. The van der Waals surface area contributed by atoms with E-state index in [1.807, 2.05) is 12.2 Å². The number of allylic oxidation sites excluding steroid dienone is 2. The SMILES string of the molecule is O=C(COc1ccccc1F)NNC(=O)[C@H]1CC=CCC1. The number of hydrazine groups is 1. The van der Waals surface area contributed by atoms with Crippen molar-refractivity contribution in [3.63, 3.8) is 0 Å². The van der Waals surface area contributed by atoms with Crippen molar-refractivity contribution in [1.82, 2.24) is 10.9 Å². The highest BCUT2D eigenvalue weighted by atomic mass is 19.1. The fraction of sp³-hybridized carbons (Fsp3) is 0.333. The first-order valence-electron chi connectivity index (χ1n) is 6.78. The first-order chi connectivity index (χ1) is 10.2. The maximum absolute atomic E-state index is 13.3. The van der Waals surface area contributed by atoms with Crippen molar-refractivity contribution < 1.29 is 18.7 Å². The molecule has 1 aromatic rings. The van der Waals surface area contributed by atoms with Crippen LogP contribution >= 0.6 is 0 Å². The number of carbonyl (C=O) groups is 2. The Hall–Kier alpha value is -2.37. The van der Waals surface area contributed by atoms with Gasteiger partial charge < -0.3 is 4.74 Å². The lowest BCUT2D eigenvalue weighted by Gasteiger charge is -2.17. The van der Waals surface area contributed by atoms with Gasteiger partial charge in [0, 0.05) is 5.92 Å². The molecule has 1 aromatic carbocycles. The molecule has 1 aliphatic carbocycles. The Bertz CT molecular complexity index is 545. The average molecular weight is 292 g/mol. The standard InChI is InChI=1S/C15H17FN2O3/c16-12-8-4-5-9-13(12)21-10-14(19)17-18-15(20)11-6-2-1-3-7-11/h1-2,4-5,8-9,11H,3,6-7,10H2,(H,17,19)(H,18,20)/t11-/m0/s1. The molecule has 0 spiro atoms. The molecule has 21 heavy (non-hydrogen) atoms. The van der Waals surface area contributed by atoms with E-state index in [4.69, 9.17) is 4.74 Å². The van der Waals surface area contributed by atoms with Crippen LogP contribution in [0.15, 0.2) is 36.4 Å². The van der Waals surface area contributed by atoms with Crippen molar-refractivity contribution in [3.8, 4) is 5.75 Å². The Kier molecular flexibility index (Phi) is 5.31. The topological polar surface area (TPSA) is 67.4 Å². The number of para-hydroxylation sites is 1. The third kappa shape index (κ3) is 4.59. The number of rotatable bonds is 4. The lowest BCUT2D eigenvalue weighted by molar-refractivity contribution is -0.132. The number of amides is 2. The number of hydrogen-bond donors (Lipinski definition) is 2. The predicted molar refractivity (Wildman–Crippen MR) is 74.7 cm³/mol. The summed E-state index contributed by atoms with van der Waals surface area (Å²) in [5.74, 6) is -1.43. The monoisotopic (exact) mass is 292 g/mol. The molecule has 2 amide bonds. The van der Waals surface area contributed by atoms with Gasteiger partial charge in [0.1, 0.15) is 0 Å². The minimum Gasteiger partial charge on any atom is -0.481 e. The zero-order chi connectivity index (χ0) is 15.1. The lowest BCUT2D eigenvalue weighted by atomic mass is 9.94. The smallest absolute Gasteiger partial charge is 0.276 e. The van der Waals surface area contributed by atoms with Gasteiger partial charge in [-0.1, -0.05) is 24.3 Å². The van der Waals surface area contributed by atoms with Crippen LogP contribution in [0.4, 0.5) is 4.39 Å². The van der Waals surface area contributed by atoms with Crippen LogP contribution < -0.4 is 15.6 Å². The van der Waals surface area contributed by atoms with E-state index in [2.05, 4.69) is 10.9 Å². The Morgan fingerprint density at radius 3 is 2.76 bits per heavy atom. The van der Waals surface area contributed by atoms with Gasteiger partial charge in [-0.25, -0.2) is 4.39 Å². The third-order valence-electron chi connectivity index (χ3n) is 3.16. The largest absolute Gasteiger partial charge is 0.481 e. The first kappa shape index (κ1) is 15.0. The molecule has 0 heterocycles. The third-order valence-corrected chi connectivity index (χ3v) is 3.16. The molecule has 0 aliphatic heterocycles. The van der Waals surface area contributed by atoms with Crippen LogP contribution in [0.5, 0.6) is 5.75 Å². The Labute approximate surface area is 122 Å². The first-order valence-corrected chi connectivity index (χ1v) is 6.78. The second-order valence-corrected chi connectivity index (χ2v) is 4.74. The van der Waals surface area contributed by atoms with Crippen molar-refractivity contribution in [2.24, 2.45) is 5.92 Å². The summed E-state index contributed by atoms with van der Waals surface area (Å²) in [6, 6.07) is 5.80. The van der Waals surface area contributed by atoms with Gasteiger partial charge in [-0.2, -0.15) is 0 Å². The zero-order valence-corrected chi connectivity index (χ0v) is 11.5. The maximum Gasteiger partial charge on any atom is 0.276 e. The molecule has 0 aromatic heterocycles. The molecule has 112 valence electrons. The molecular weight excluding hydrogens is 275 g/mol. The highest BCUT2D eigenvalue weighted by molar-refractivity contribution is 5.84. The van der Waals surface area contributed by atoms with Crippen molar-refractivity contribution in [2.45, 2.75) is 19.3 Å². The van der Waals surface area contributed by atoms with Gasteiger partial charge in [0.15, 0.2) is 18.2 Å². The normalized spacial score (nSPS) is 17.1. The van der Waals surface area contributed by atoms with Gasteiger partial charge in [0.05, 0.1) is 0 Å². The molecule has 0 radical (unpaired) electrons. The van der Waals surface area contributed by atoms with E-state index in [1.54, 1.807) is 6.07 Å². The van der Waals surface area contributed by atoms with E-state index in [9.17, 15) is 14.0 Å². The van der Waals surface area contributed by atoms with Crippen LogP contribution in [0.1, 0.15) is 19.3 Å². The van der Waals surface area contributed by atoms with Crippen molar-refractivity contribution in [1.29, 1.82) is 0 Å². The molecular formula is C15H17FN2O3. The summed E-state index contributed by atoms with van der Waals surface area (Å²) in [5, 5.41) is 0. The van der Waals surface area contributed by atoms with Gasteiger partial charge in [-0.15, -0.1) is 0 Å². The van der Waals surface area contributed by atoms with Gasteiger partial charge in [-0.3, -0.25) is 20.4 Å². The van der Waals surface area contributed by atoms with Crippen LogP contribution in [0.3, 0.4) is 0 Å². The Morgan fingerprint density at radius 2 is 2.05 bits per heavy atom. The second kappa shape index (κ2) is 7.42. The second-order valence-electron chi connectivity index (χ2n) is 4.74. The fourth-order valence-corrected chi connectivity index (χ4v) is 2.01. The molecule has 5 nitrogen and oxygen atoms in total. The molecule has 0 saturated carbocycles. The molecule has 1 atom stereocenters. The number of carbonyl (C=O) groups excluding carboxylic acids is 2. The van der Waals surface area contributed by atoms with Gasteiger partial charge >= 0.3 is 0 Å². The molecule has 2 rings (SSSR count). The summed E-state index contributed by atoms with van der Waals surface area (Å²) in [4.78, 5) is 23.3. The van der Waals surface area contributed by atoms with Crippen LogP contribution in [-0.4, -0.2) is 18.4 Å². The summed E-state index contributed by atoms with van der Waals surface area (Å²) in [7, 11) is 0. The van der Waals surface area contributed by atoms with Gasteiger partial charge in [-0.05, 0) is 31.4 Å². The number of nitrogens with one attached hydrogen (secondary N) is 2. The Morgan fingerprint density at radius 1 is 1.24 bits per heavy atom. The van der Waals surface area contributed by atoms with E-state index >= 15 is 0 Å². The summed E-state index contributed by atoms with van der Waals surface area (Å²) in [5.41, 5.74) is 4.62. The van der Waals surface area contributed by atoms with Crippen molar-refractivity contribution >= 4 is 11.8 Å². The van der Waals surface area contributed by atoms with E-state index in [1.165, 1.54) is 18.2 Å². The van der Waals surface area contributed by atoms with E-state index < -0.39 is 11.7 Å². The lowest BCUT2D eigenvalue weighted by Crippen LogP contribution is -2.46. The molecule has 6 heteroatoms. The zero-order valence-electron chi connectivity index (χ0n) is 11.5. The van der Waals surface area contributed by atoms with Crippen molar-refractivity contribution in [2.75, 3.05) is 6.61 Å². The maximum atomic E-state index is 13.3. The summed E-state index contributed by atoms with van der Waals surface area (Å²) < 4.78 is 18.3. The Balaban J connectivity index is 1.71.